The van der Waals surface area contributed by atoms with Gasteiger partial charge in [-0.2, -0.15) is 5.10 Å². The molecule has 0 saturated carbocycles. The van der Waals surface area contributed by atoms with Gasteiger partial charge in [-0.25, -0.2) is 0 Å². The fourth-order valence-corrected chi connectivity index (χ4v) is 2.05. The average molecular weight is 290 g/mol. The molecular formula is C15H22N4O2. The van der Waals surface area contributed by atoms with E-state index in [4.69, 9.17) is 5.11 Å². The van der Waals surface area contributed by atoms with E-state index >= 15 is 0 Å². The lowest BCUT2D eigenvalue weighted by Crippen LogP contribution is -2.23. The summed E-state index contributed by atoms with van der Waals surface area (Å²) in [6.07, 6.45) is 3.13. The van der Waals surface area contributed by atoms with Crippen molar-refractivity contribution in [3.8, 4) is 0 Å². The molecule has 0 aliphatic heterocycles. The lowest BCUT2D eigenvalue weighted by Gasteiger charge is -2.19. The van der Waals surface area contributed by atoms with Crippen LogP contribution in [0.4, 0.5) is 11.4 Å². The van der Waals surface area contributed by atoms with E-state index in [-0.39, 0.29) is 6.61 Å². The molecule has 21 heavy (non-hydrogen) atoms. The summed E-state index contributed by atoms with van der Waals surface area (Å²) in [6, 6.07) is 7.95. The van der Waals surface area contributed by atoms with Gasteiger partial charge in [0.15, 0.2) is 0 Å². The molecule has 1 aromatic carbocycles. The van der Waals surface area contributed by atoms with Crippen LogP contribution in [0.3, 0.4) is 0 Å². The Balaban J connectivity index is 1.91. The van der Waals surface area contributed by atoms with Crippen LogP contribution in [0.25, 0.3) is 0 Å². The van der Waals surface area contributed by atoms with Crippen LogP contribution in [-0.4, -0.2) is 46.3 Å². The molecule has 6 heteroatoms. The lowest BCUT2D eigenvalue weighted by molar-refractivity contribution is 0.105. The number of aromatic nitrogens is 2. The monoisotopic (exact) mass is 290 g/mol. The predicted octanol–water partition coefficient (Wildman–Crippen LogP) is 0.822. The topological polar surface area (TPSA) is 73.6 Å². The quantitative estimate of drug-likeness (QED) is 0.704. The van der Waals surface area contributed by atoms with Gasteiger partial charge in [-0.05, 0) is 24.3 Å². The zero-order chi connectivity index (χ0) is 15.2. The third-order valence-electron chi connectivity index (χ3n) is 3.24. The number of aliphatic hydroxyl groups is 2. The number of aliphatic hydroxyl groups excluding tert-OH is 2. The van der Waals surface area contributed by atoms with Gasteiger partial charge in [0, 0.05) is 50.3 Å². The highest BCUT2D eigenvalue weighted by molar-refractivity contribution is 5.54. The van der Waals surface area contributed by atoms with Crippen molar-refractivity contribution in [3.05, 3.63) is 42.2 Å². The van der Waals surface area contributed by atoms with Crippen molar-refractivity contribution in [3.63, 3.8) is 0 Å². The van der Waals surface area contributed by atoms with Crippen molar-refractivity contribution >= 4 is 11.4 Å². The first-order valence-electron chi connectivity index (χ1n) is 6.90. The Morgan fingerprint density at radius 2 is 2.05 bits per heavy atom. The summed E-state index contributed by atoms with van der Waals surface area (Å²) >= 11 is 0. The Hall–Kier alpha value is -2.05. The first-order chi connectivity index (χ1) is 10.1. The van der Waals surface area contributed by atoms with Crippen molar-refractivity contribution in [1.82, 2.24) is 9.78 Å². The van der Waals surface area contributed by atoms with Crippen LogP contribution in [0.1, 0.15) is 5.56 Å². The highest BCUT2D eigenvalue weighted by atomic mass is 16.3. The molecule has 1 unspecified atom stereocenters. The largest absolute Gasteiger partial charge is 0.394 e. The van der Waals surface area contributed by atoms with E-state index in [1.165, 1.54) is 0 Å². The second kappa shape index (κ2) is 7.10. The van der Waals surface area contributed by atoms with Gasteiger partial charge in [-0.15, -0.1) is 0 Å². The van der Waals surface area contributed by atoms with E-state index in [2.05, 4.69) is 15.3 Å². The van der Waals surface area contributed by atoms with Gasteiger partial charge in [-0.3, -0.25) is 4.68 Å². The second-order valence-corrected chi connectivity index (χ2v) is 5.14. The molecule has 3 N–H and O–H groups in total. The Morgan fingerprint density at radius 3 is 2.62 bits per heavy atom. The van der Waals surface area contributed by atoms with E-state index in [0.717, 1.165) is 23.5 Å². The molecule has 0 fully saturated rings. The van der Waals surface area contributed by atoms with Gasteiger partial charge in [0.2, 0.25) is 0 Å². The van der Waals surface area contributed by atoms with Crippen LogP contribution >= 0.6 is 0 Å². The number of aryl methyl sites for hydroxylation is 1. The maximum atomic E-state index is 9.30. The van der Waals surface area contributed by atoms with Crippen LogP contribution in [0.5, 0.6) is 0 Å². The van der Waals surface area contributed by atoms with Gasteiger partial charge in [-0.1, -0.05) is 0 Å². The van der Waals surface area contributed by atoms with E-state index in [0.29, 0.717) is 6.54 Å². The summed E-state index contributed by atoms with van der Waals surface area (Å²) in [5, 5.41) is 25.3. The molecular weight excluding hydrogens is 268 g/mol. The minimum Gasteiger partial charge on any atom is -0.394 e. The van der Waals surface area contributed by atoms with E-state index in [1.54, 1.807) is 4.68 Å². The average Bonchev–Trinajstić information content (AvgIpc) is 2.90. The molecule has 0 saturated heterocycles. The van der Waals surface area contributed by atoms with E-state index in [9.17, 15) is 5.11 Å². The number of hydrogen-bond acceptors (Lipinski definition) is 5. The normalized spacial score (nSPS) is 12.2. The van der Waals surface area contributed by atoms with Gasteiger partial charge < -0.3 is 20.4 Å². The summed E-state index contributed by atoms with van der Waals surface area (Å²) in [6.45, 7) is 0.893. The second-order valence-electron chi connectivity index (χ2n) is 5.14. The van der Waals surface area contributed by atoms with Gasteiger partial charge in [0.25, 0.3) is 0 Å². The number of anilines is 2. The Morgan fingerprint density at radius 1 is 1.33 bits per heavy atom. The third kappa shape index (κ3) is 4.47. The fraction of sp³-hybridized carbons (Fsp3) is 0.400. The first-order valence-corrected chi connectivity index (χ1v) is 6.90. The summed E-state index contributed by atoms with van der Waals surface area (Å²) in [7, 11) is 3.94. The molecule has 0 aliphatic rings. The minimum absolute atomic E-state index is 0.237. The van der Waals surface area contributed by atoms with Crippen LogP contribution in [-0.2, 0) is 13.6 Å². The number of nitrogens with zero attached hydrogens (tertiary/aromatic N) is 3. The molecule has 6 nitrogen and oxygen atoms in total. The standard InChI is InChI=1S/C15H22N4O2/c1-18(9-12-7-17-19(2)10-12)14-5-3-13(4-6-14)16-8-15(21)11-20/h3-7,10,15-16,20-21H,8-9,11H2,1-2H3. The maximum Gasteiger partial charge on any atom is 0.0942 e. The number of nitrogens with one attached hydrogen (secondary N) is 1. The summed E-state index contributed by atoms with van der Waals surface area (Å²) in [5.74, 6) is 0. The fourth-order valence-electron chi connectivity index (χ4n) is 2.05. The predicted molar refractivity (Wildman–Crippen MR) is 83.3 cm³/mol. The number of rotatable bonds is 7. The Labute approximate surface area is 124 Å². The summed E-state index contributed by atoms with van der Waals surface area (Å²) in [5.41, 5.74) is 3.18. The molecule has 2 rings (SSSR count). The number of hydrogen-bond donors (Lipinski definition) is 3. The van der Waals surface area contributed by atoms with Gasteiger partial charge in [0.05, 0.1) is 18.9 Å². The lowest BCUT2D eigenvalue weighted by atomic mass is 10.2. The van der Waals surface area contributed by atoms with E-state index in [1.807, 2.05) is 50.8 Å². The third-order valence-corrected chi connectivity index (χ3v) is 3.24. The van der Waals surface area contributed by atoms with Crippen molar-refractivity contribution in [1.29, 1.82) is 0 Å². The Kier molecular flexibility index (Phi) is 5.19. The molecule has 0 amide bonds. The molecule has 114 valence electrons. The highest BCUT2D eigenvalue weighted by Crippen LogP contribution is 2.18. The highest BCUT2D eigenvalue weighted by Gasteiger charge is 2.05. The van der Waals surface area contributed by atoms with Crippen LogP contribution in [0, 0.1) is 0 Å². The summed E-state index contributed by atoms with van der Waals surface area (Å²) in [4.78, 5) is 2.14. The van der Waals surface area contributed by atoms with E-state index < -0.39 is 6.10 Å². The maximum absolute atomic E-state index is 9.30. The zero-order valence-electron chi connectivity index (χ0n) is 12.4. The van der Waals surface area contributed by atoms with Crippen LogP contribution < -0.4 is 10.2 Å². The molecule has 1 aromatic heterocycles. The van der Waals surface area contributed by atoms with Crippen LogP contribution in [0.2, 0.25) is 0 Å². The Bertz CT molecular complexity index is 553. The smallest absolute Gasteiger partial charge is 0.0942 e. The molecule has 0 radical (unpaired) electrons. The van der Waals surface area contributed by atoms with Gasteiger partial charge in [0.1, 0.15) is 0 Å². The van der Waals surface area contributed by atoms with Crippen molar-refractivity contribution in [2.75, 3.05) is 30.4 Å². The molecule has 1 atom stereocenters. The molecule has 0 spiro atoms. The summed E-state index contributed by atoms with van der Waals surface area (Å²) < 4.78 is 1.79. The minimum atomic E-state index is -0.738. The SMILES string of the molecule is CN(Cc1cnn(C)c1)c1ccc(NCC(O)CO)cc1. The molecule has 1 heterocycles. The number of benzene rings is 1. The van der Waals surface area contributed by atoms with Gasteiger partial charge >= 0.3 is 0 Å². The van der Waals surface area contributed by atoms with Crippen molar-refractivity contribution in [2.24, 2.45) is 7.05 Å². The van der Waals surface area contributed by atoms with Crippen molar-refractivity contribution in [2.45, 2.75) is 12.6 Å². The van der Waals surface area contributed by atoms with Crippen molar-refractivity contribution < 1.29 is 10.2 Å². The molecule has 0 aliphatic carbocycles. The van der Waals surface area contributed by atoms with Crippen LogP contribution in [0.15, 0.2) is 36.7 Å². The zero-order valence-corrected chi connectivity index (χ0v) is 12.4. The first kappa shape index (κ1) is 15.3. The molecule has 2 aromatic rings. The molecule has 0 bridgehead atoms.